The molecule has 1 aromatic heterocycles. The molecule has 0 saturated carbocycles. The van der Waals surface area contributed by atoms with Crippen LogP contribution in [-0.2, 0) is 0 Å². The molecule has 15 heavy (non-hydrogen) atoms. The lowest BCUT2D eigenvalue weighted by atomic mass is 10.0. The van der Waals surface area contributed by atoms with E-state index in [1.54, 1.807) is 0 Å². The molecule has 1 rings (SSSR count). The lowest BCUT2D eigenvalue weighted by Gasteiger charge is -2.05. The highest BCUT2D eigenvalue weighted by atomic mass is 15.3. The van der Waals surface area contributed by atoms with E-state index in [0.29, 0.717) is 5.92 Å². The van der Waals surface area contributed by atoms with Gasteiger partial charge >= 0.3 is 0 Å². The van der Waals surface area contributed by atoms with E-state index in [0.717, 1.165) is 5.69 Å². The van der Waals surface area contributed by atoms with E-state index in [1.165, 1.54) is 11.3 Å². The highest BCUT2D eigenvalue weighted by Crippen LogP contribution is 2.24. The summed E-state index contributed by atoms with van der Waals surface area (Å²) in [7, 11) is 0. The van der Waals surface area contributed by atoms with Crippen LogP contribution < -0.4 is 0 Å². The van der Waals surface area contributed by atoms with Crippen molar-refractivity contribution < 1.29 is 0 Å². The van der Waals surface area contributed by atoms with E-state index in [2.05, 4.69) is 38.0 Å². The molecule has 0 aliphatic heterocycles. The number of aryl methyl sites for hydroxylation is 1. The minimum absolute atomic E-state index is 0.509. The van der Waals surface area contributed by atoms with E-state index >= 15 is 0 Å². The van der Waals surface area contributed by atoms with Gasteiger partial charge in [-0.2, -0.15) is 5.10 Å². The molecule has 0 atom stereocenters. The second kappa shape index (κ2) is 4.96. The van der Waals surface area contributed by atoms with E-state index in [9.17, 15) is 0 Å². The Hall–Kier alpha value is -1.31. The summed E-state index contributed by atoms with van der Waals surface area (Å²) in [5.74, 6) is 0.509. The molecule has 2 nitrogen and oxygen atoms in total. The largest absolute Gasteiger partial charge is 0.241 e. The second-order valence-electron chi connectivity index (χ2n) is 3.97. The molecule has 0 aliphatic rings. The van der Waals surface area contributed by atoms with Crippen molar-refractivity contribution in [3.63, 3.8) is 0 Å². The zero-order valence-electron chi connectivity index (χ0n) is 10.3. The van der Waals surface area contributed by atoms with Crippen LogP contribution in [0.1, 0.15) is 50.6 Å². The van der Waals surface area contributed by atoms with Crippen LogP contribution in [0.25, 0.3) is 12.3 Å². The third-order valence-corrected chi connectivity index (χ3v) is 2.36. The fourth-order valence-electron chi connectivity index (χ4n) is 1.87. The molecule has 0 unspecified atom stereocenters. The Bertz CT molecular complexity index is 381. The summed E-state index contributed by atoms with van der Waals surface area (Å²) in [4.78, 5) is 0. The van der Waals surface area contributed by atoms with Crippen molar-refractivity contribution in [2.45, 2.75) is 40.5 Å². The Morgan fingerprint density at radius 2 is 1.87 bits per heavy atom. The molecule has 82 valence electrons. The first kappa shape index (κ1) is 11.8. The van der Waals surface area contributed by atoms with E-state index in [-0.39, 0.29) is 0 Å². The molecule has 1 heterocycles. The number of hydrogen-bond donors (Lipinski definition) is 0. The van der Waals surface area contributed by atoms with E-state index < -0.39 is 0 Å². The van der Waals surface area contributed by atoms with Gasteiger partial charge < -0.3 is 0 Å². The first-order valence-electron chi connectivity index (χ1n) is 5.46. The molecule has 1 aromatic rings. The quantitative estimate of drug-likeness (QED) is 0.731. The van der Waals surface area contributed by atoms with Crippen LogP contribution in [0.3, 0.4) is 0 Å². The average molecular weight is 204 g/mol. The maximum Gasteiger partial charge on any atom is 0.0695 e. The highest BCUT2D eigenvalue weighted by molar-refractivity contribution is 5.55. The van der Waals surface area contributed by atoms with Gasteiger partial charge in [0.25, 0.3) is 0 Å². The summed E-state index contributed by atoms with van der Waals surface area (Å²) in [6.07, 6.45) is 8.18. The number of nitrogens with zero attached hydrogens (tertiary/aromatic N) is 2. The van der Waals surface area contributed by atoms with Crippen LogP contribution in [0, 0.1) is 6.92 Å². The molecule has 0 fully saturated rings. The Labute approximate surface area is 92.3 Å². The standard InChI is InChI=1S/C13H20N2/c1-6-8-12-13(10(3)4)11(5)14-15(12)9-7-2/h6-10H,1-5H3/b8-6-,9-7-. The van der Waals surface area contributed by atoms with Crippen LogP contribution in [0.2, 0.25) is 0 Å². The van der Waals surface area contributed by atoms with Gasteiger partial charge in [0, 0.05) is 11.8 Å². The summed E-state index contributed by atoms with van der Waals surface area (Å²) >= 11 is 0. The molecule has 0 spiro atoms. The summed E-state index contributed by atoms with van der Waals surface area (Å²) in [6, 6.07) is 0. The molecule has 0 saturated heterocycles. The van der Waals surface area contributed by atoms with Gasteiger partial charge in [0.05, 0.1) is 11.4 Å². The molecule has 0 bridgehead atoms. The van der Waals surface area contributed by atoms with Gasteiger partial charge in [-0.25, -0.2) is 4.68 Å². The van der Waals surface area contributed by atoms with Crippen molar-refractivity contribution in [2.24, 2.45) is 0 Å². The molecular weight excluding hydrogens is 184 g/mol. The van der Waals surface area contributed by atoms with Crippen molar-refractivity contribution in [2.75, 3.05) is 0 Å². The molecule has 0 aliphatic carbocycles. The maximum absolute atomic E-state index is 4.52. The van der Waals surface area contributed by atoms with Gasteiger partial charge in [-0.15, -0.1) is 0 Å². The van der Waals surface area contributed by atoms with Crippen LogP contribution in [0.4, 0.5) is 0 Å². The predicted octanol–water partition coefficient (Wildman–Crippen LogP) is 3.84. The van der Waals surface area contributed by atoms with Crippen LogP contribution in [0.5, 0.6) is 0 Å². The van der Waals surface area contributed by atoms with Crippen molar-refractivity contribution >= 4 is 12.3 Å². The third kappa shape index (κ3) is 2.38. The van der Waals surface area contributed by atoms with E-state index in [4.69, 9.17) is 0 Å². The van der Waals surface area contributed by atoms with Crippen molar-refractivity contribution in [1.82, 2.24) is 9.78 Å². The molecule has 2 heteroatoms. The van der Waals surface area contributed by atoms with Gasteiger partial charge in [0.1, 0.15) is 0 Å². The zero-order chi connectivity index (χ0) is 11.4. The minimum atomic E-state index is 0.509. The third-order valence-electron chi connectivity index (χ3n) is 2.36. The Balaban J connectivity index is 3.36. The number of allylic oxidation sites excluding steroid dienone is 2. The summed E-state index contributed by atoms with van der Waals surface area (Å²) in [5.41, 5.74) is 3.66. The van der Waals surface area contributed by atoms with Gasteiger partial charge in [0.2, 0.25) is 0 Å². The Kier molecular flexibility index (Phi) is 3.89. The second-order valence-corrected chi connectivity index (χ2v) is 3.97. The first-order valence-corrected chi connectivity index (χ1v) is 5.46. The summed E-state index contributed by atoms with van der Waals surface area (Å²) in [6.45, 7) is 10.5. The monoisotopic (exact) mass is 204 g/mol. The highest BCUT2D eigenvalue weighted by Gasteiger charge is 2.14. The fraction of sp³-hybridized carbons (Fsp3) is 0.462. The topological polar surface area (TPSA) is 17.8 Å². The smallest absolute Gasteiger partial charge is 0.0695 e. The molecule has 0 aromatic carbocycles. The zero-order valence-corrected chi connectivity index (χ0v) is 10.3. The Morgan fingerprint density at radius 3 is 2.33 bits per heavy atom. The van der Waals surface area contributed by atoms with Crippen LogP contribution in [-0.4, -0.2) is 9.78 Å². The van der Waals surface area contributed by atoms with Crippen molar-refractivity contribution in [1.29, 1.82) is 0 Å². The normalized spacial score (nSPS) is 12.4. The molecule has 0 N–H and O–H groups in total. The molecular formula is C13H20N2. The minimum Gasteiger partial charge on any atom is -0.241 e. The van der Waals surface area contributed by atoms with Crippen LogP contribution in [0.15, 0.2) is 12.2 Å². The van der Waals surface area contributed by atoms with Crippen molar-refractivity contribution in [3.8, 4) is 0 Å². The molecule has 0 radical (unpaired) electrons. The number of aromatic nitrogens is 2. The Morgan fingerprint density at radius 1 is 1.20 bits per heavy atom. The summed E-state index contributed by atoms with van der Waals surface area (Å²) in [5, 5.41) is 4.52. The van der Waals surface area contributed by atoms with Gasteiger partial charge in [-0.3, -0.25) is 0 Å². The SMILES string of the molecule is C/C=C\c1c(C(C)C)c(C)nn1/C=C\C. The number of rotatable bonds is 3. The number of hydrogen-bond acceptors (Lipinski definition) is 1. The van der Waals surface area contributed by atoms with Gasteiger partial charge in [0.15, 0.2) is 0 Å². The average Bonchev–Trinajstić information content (AvgIpc) is 2.44. The van der Waals surface area contributed by atoms with Gasteiger partial charge in [-0.1, -0.05) is 26.0 Å². The lowest BCUT2D eigenvalue weighted by molar-refractivity contribution is 0.854. The van der Waals surface area contributed by atoms with Crippen LogP contribution >= 0.6 is 0 Å². The maximum atomic E-state index is 4.52. The van der Waals surface area contributed by atoms with E-state index in [1.807, 2.05) is 30.8 Å². The predicted molar refractivity (Wildman–Crippen MR) is 66.8 cm³/mol. The fourth-order valence-corrected chi connectivity index (χ4v) is 1.87. The lowest BCUT2D eigenvalue weighted by Crippen LogP contribution is -1.94. The first-order chi connectivity index (χ1) is 7.11. The molecule has 0 amide bonds. The van der Waals surface area contributed by atoms with Gasteiger partial charge in [-0.05, 0) is 32.8 Å². The summed E-state index contributed by atoms with van der Waals surface area (Å²) < 4.78 is 1.95. The van der Waals surface area contributed by atoms with Crippen molar-refractivity contribution in [3.05, 3.63) is 29.1 Å².